The molecule has 7 rings (SSSR count). The summed E-state index contributed by atoms with van der Waals surface area (Å²) in [6, 6.07) is 21.3. The number of hydrogen-bond acceptors (Lipinski definition) is 8. The summed E-state index contributed by atoms with van der Waals surface area (Å²) < 4.78 is 25.3. The van der Waals surface area contributed by atoms with E-state index in [1.807, 2.05) is 39.0 Å². The van der Waals surface area contributed by atoms with Gasteiger partial charge in [0.25, 0.3) is 0 Å². The average Bonchev–Trinajstić information content (AvgIpc) is 3.10. The quantitative estimate of drug-likeness (QED) is 0.105. The third kappa shape index (κ3) is 7.09. The zero-order chi connectivity index (χ0) is 35.7. The van der Waals surface area contributed by atoms with E-state index in [-0.39, 0.29) is 29.9 Å². The van der Waals surface area contributed by atoms with Gasteiger partial charge in [-0.05, 0) is 98.7 Å². The Hall–Kier alpha value is -5.13. The molecule has 3 aromatic carbocycles. The largest absolute Gasteiger partial charge is 0.482 e. The number of fused-ring (bicyclic) bond motifs is 7. The number of allylic oxidation sites excluding steroid dienone is 1. The van der Waals surface area contributed by atoms with Crippen LogP contribution in [0.5, 0.6) is 5.75 Å². The highest BCUT2D eigenvalue weighted by Crippen LogP contribution is 2.48. The van der Waals surface area contributed by atoms with Gasteiger partial charge in [0.2, 0.25) is 0 Å². The molecule has 4 aromatic rings. The van der Waals surface area contributed by atoms with E-state index in [0.717, 1.165) is 35.1 Å². The summed E-state index contributed by atoms with van der Waals surface area (Å²) in [6.07, 6.45) is 1.73. The Morgan fingerprint density at radius 3 is 2.53 bits per heavy atom. The van der Waals surface area contributed by atoms with Crippen molar-refractivity contribution in [2.45, 2.75) is 96.6 Å². The molecular formula is C43H42O8. The summed E-state index contributed by atoms with van der Waals surface area (Å²) in [5.74, 6) is 5.93. The molecule has 8 heteroatoms. The molecule has 8 nitrogen and oxygen atoms in total. The zero-order valence-electron chi connectivity index (χ0n) is 29.3. The summed E-state index contributed by atoms with van der Waals surface area (Å²) in [6.45, 7) is 5.17. The van der Waals surface area contributed by atoms with Crippen LogP contribution in [0.2, 0.25) is 0 Å². The lowest BCUT2D eigenvalue weighted by Gasteiger charge is -2.44. The molecule has 0 spiro atoms. The minimum atomic E-state index is -1.25. The van der Waals surface area contributed by atoms with Crippen LogP contribution in [0, 0.1) is 17.8 Å². The first-order chi connectivity index (χ1) is 24.6. The lowest BCUT2D eigenvalue weighted by atomic mass is 9.82. The van der Waals surface area contributed by atoms with Crippen LogP contribution in [-0.2, 0) is 51.4 Å². The molecule has 4 heterocycles. The second kappa shape index (κ2) is 14.2. The van der Waals surface area contributed by atoms with E-state index in [1.165, 1.54) is 11.6 Å². The third-order valence-corrected chi connectivity index (χ3v) is 10.4. The fourth-order valence-corrected chi connectivity index (χ4v) is 7.64. The molecule has 1 aromatic heterocycles. The van der Waals surface area contributed by atoms with Crippen molar-refractivity contribution in [1.82, 2.24) is 0 Å². The topological polar surface area (TPSA) is 112 Å². The molecule has 5 bridgehead atoms. The number of benzene rings is 3. The maximum atomic E-state index is 14.3. The lowest BCUT2D eigenvalue weighted by Crippen LogP contribution is -2.54. The van der Waals surface area contributed by atoms with Gasteiger partial charge in [0.1, 0.15) is 11.3 Å². The SMILES string of the molecule is CC(C)=C1CCc2ccc3c(c2)CC#CCC2(C)Oc4ccc5c(CO)cc(=O)oc5c4C(OC(=O)CC(CCc4ccccc4)C3)C2OC1=O. The fraction of sp³-hybridized carbons (Fsp3) is 0.372. The maximum Gasteiger partial charge on any atom is 0.336 e. The molecule has 0 amide bonds. The van der Waals surface area contributed by atoms with E-state index >= 15 is 0 Å². The Kier molecular flexibility index (Phi) is 9.58. The standard InChI is InChI=1S/C43H42O8/c1-26(2)33-17-15-28-14-16-31-22-29(13-12-27-9-5-4-6-10-27)23-36(45)49-40-38-35(19-18-34-32(25-44)24-37(46)48-39(34)38)51-43(3,41(40)50-42(33)47)20-8-7-11-30(31)21-28/h4-6,9-10,14,16,18-19,21,24,29,40-41,44H,11-13,15,17,20,22-23,25H2,1-3H3. The highest BCUT2D eigenvalue weighted by molar-refractivity contribution is 5.90. The van der Waals surface area contributed by atoms with Crippen molar-refractivity contribution in [2.75, 3.05) is 0 Å². The number of hydrogen-bond donors (Lipinski definition) is 1. The second-order valence-electron chi connectivity index (χ2n) is 14.3. The molecule has 3 aliphatic rings. The summed E-state index contributed by atoms with van der Waals surface area (Å²) in [5, 5.41) is 10.6. The van der Waals surface area contributed by atoms with Gasteiger partial charge >= 0.3 is 17.6 Å². The van der Waals surface area contributed by atoms with E-state index in [0.29, 0.717) is 48.0 Å². The van der Waals surface area contributed by atoms with E-state index in [4.69, 9.17) is 18.6 Å². The van der Waals surface area contributed by atoms with Crippen LogP contribution in [0.3, 0.4) is 0 Å². The molecule has 0 radical (unpaired) electrons. The predicted molar refractivity (Wildman–Crippen MR) is 192 cm³/mol. The Balaban J connectivity index is 1.42. The van der Waals surface area contributed by atoms with Crippen molar-refractivity contribution >= 4 is 22.9 Å². The molecule has 0 saturated heterocycles. The minimum absolute atomic E-state index is 0.0680. The van der Waals surface area contributed by atoms with Crippen molar-refractivity contribution in [3.63, 3.8) is 0 Å². The van der Waals surface area contributed by atoms with Crippen molar-refractivity contribution in [3.05, 3.63) is 122 Å². The van der Waals surface area contributed by atoms with Crippen molar-refractivity contribution in [2.24, 2.45) is 5.92 Å². The van der Waals surface area contributed by atoms with E-state index in [9.17, 15) is 19.5 Å². The number of aryl methyl sites for hydroxylation is 2. The van der Waals surface area contributed by atoms with Gasteiger partial charge < -0.3 is 23.7 Å². The van der Waals surface area contributed by atoms with Crippen LogP contribution in [0.15, 0.2) is 87.1 Å². The van der Waals surface area contributed by atoms with Gasteiger partial charge in [-0.25, -0.2) is 9.59 Å². The summed E-state index contributed by atoms with van der Waals surface area (Å²) in [4.78, 5) is 41.3. The number of rotatable bonds is 4. The Labute approximate surface area is 297 Å². The summed E-state index contributed by atoms with van der Waals surface area (Å²) in [7, 11) is 0. The van der Waals surface area contributed by atoms with Crippen LogP contribution in [-0.4, -0.2) is 28.8 Å². The molecule has 0 fully saturated rings. The normalized spacial score (nSPS) is 23.1. The second-order valence-corrected chi connectivity index (χ2v) is 14.3. The van der Waals surface area contributed by atoms with Gasteiger partial charge in [-0.2, -0.15) is 0 Å². The van der Waals surface area contributed by atoms with Gasteiger partial charge in [0.05, 0.1) is 18.6 Å². The number of carbonyl (C=O) groups is 2. The minimum Gasteiger partial charge on any atom is -0.482 e. The van der Waals surface area contributed by atoms with Crippen LogP contribution in [0.4, 0.5) is 0 Å². The third-order valence-electron chi connectivity index (χ3n) is 10.4. The highest BCUT2D eigenvalue weighted by Gasteiger charge is 2.53. The summed E-state index contributed by atoms with van der Waals surface area (Å²) in [5.41, 5.74) is 4.71. The van der Waals surface area contributed by atoms with Crippen LogP contribution >= 0.6 is 0 Å². The Bertz CT molecular complexity index is 2150. The molecule has 3 aliphatic heterocycles. The Morgan fingerprint density at radius 1 is 0.922 bits per heavy atom. The van der Waals surface area contributed by atoms with Crippen LogP contribution < -0.4 is 10.4 Å². The van der Waals surface area contributed by atoms with Gasteiger partial charge in [-0.1, -0.05) is 65.9 Å². The first kappa shape index (κ1) is 34.3. The molecule has 0 aliphatic carbocycles. The number of aliphatic hydroxyl groups is 1. The number of ether oxygens (including phenoxy) is 3. The van der Waals surface area contributed by atoms with Gasteiger partial charge in [-0.15, -0.1) is 0 Å². The lowest BCUT2D eigenvalue weighted by molar-refractivity contribution is -0.190. The predicted octanol–water partition coefficient (Wildman–Crippen LogP) is 7.05. The molecular weight excluding hydrogens is 644 g/mol. The van der Waals surface area contributed by atoms with Gasteiger partial charge in [-0.3, -0.25) is 4.79 Å². The van der Waals surface area contributed by atoms with Crippen molar-refractivity contribution < 1.29 is 33.3 Å². The van der Waals surface area contributed by atoms with Crippen molar-refractivity contribution in [3.8, 4) is 17.6 Å². The van der Waals surface area contributed by atoms with Crippen molar-refractivity contribution in [1.29, 1.82) is 0 Å². The van der Waals surface area contributed by atoms with E-state index in [1.54, 1.807) is 12.1 Å². The smallest absolute Gasteiger partial charge is 0.336 e. The number of esters is 2. The average molecular weight is 687 g/mol. The van der Waals surface area contributed by atoms with Crippen LogP contribution in [0.1, 0.15) is 85.9 Å². The molecule has 262 valence electrons. The number of aliphatic hydroxyl groups excluding tert-OH is 1. The maximum absolute atomic E-state index is 14.3. The first-order valence-corrected chi connectivity index (χ1v) is 17.7. The molecule has 1 N–H and O–H groups in total. The molecule has 51 heavy (non-hydrogen) atoms. The number of carbonyl (C=O) groups excluding carboxylic acids is 2. The monoisotopic (exact) mass is 686 g/mol. The van der Waals surface area contributed by atoms with Crippen LogP contribution in [0.25, 0.3) is 11.0 Å². The highest BCUT2D eigenvalue weighted by atomic mass is 16.6. The molecule has 4 unspecified atom stereocenters. The Morgan fingerprint density at radius 2 is 1.75 bits per heavy atom. The van der Waals surface area contributed by atoms with Gasteiger partial charge in [0, 0.05) is 29.9 Å². The fourth-order valence-electron chi connectivity index (χ4n) is 7.64. The molecule has 4 atom stereocenters. The first-order valence-electron chi connectivity index (χ1n) is 17.7. The zero-order valence-corrected chi connectivity index (χ0v) is 29.3. The van der Waals surface area contributed by atoms with E-state index < -0.39 is 42.0 Å². The molecule has 0 saturated carbocycles. The summed E-state index contributed by atoms with van der Waals surface area (Å²) >= 11 is 0. The van der Waals surface area contributed by atoms with Gasteiger partial charge in [0.15, 0.2) is 17.8 Å². The van der Waals surface area contributed by atoms with E-state index in [2.05, 4.69) is 42.2 Å².